The molecule has 0 aromatic carbocycles. The molecule has 1 aromatic heterocycles. The first-order valence-corrected chi connectivity index (χ1v) is 4.85. The Labute approximate surface area is 89.5 Å². The Morgan fingerprint density at radius 2 is 2.20 bits per heavy atom. The molecule has 0 radical (unpaired) electrons. The average Bonchev–Trinajstić information content (AvgIpc) is 2.27. The number of aryl methyl sites for hydroxylation is 1. The summed E-state index contributed by atoms with van der Waals surface area (Å²) >= 11 is 0. The van der Waals surface area contributed by atoms with Gasteiger partial charge < -0.3 is 10.2 Å². The SMILES string of the molecule is CCc1cnc(NC)c(C(=O)N(C)C)n1. The number of nitrogens with one attached hydrogen (secondary N) is 1. The molecule has 82 valence electrons. The van der Waals surface area contributed by atoms with Gasteiger partial charge in [0.15, 0.2) is 11.5 Å². The number of hydrogen-bond acceptors (Lipinski definition) is 4. The molecule has 1 amide bonds. The van der Waals surface area contributed by atoms with Crippen molar-refractivity contribution in [1.82, 2.24) is 14.9 Å². The van der Waals surface area contributed by atoms with Gasteiger partial charge in [-0.25, -0.2) is 9.97 Å². The van der Waals surface area contributed by atoms with Gasteiger partial charge in [0.2, 0.25) is 0 Å². The van der Waals surface area contributed by atoms with Crippen LogP contribution in [0.3, 0.4) is 0 Å². The predicted octanol–water partition coefficient (Wildman–Crippen LogP) is 0.782. The minimum atomic E-state index is -0.137. The van der Waals surface area contributed by atoms with E-state index < -0.39 is 0 Å². The molecule has 1 rings (SSSR count). The molecule has 0 saturated carbocycles. The quantitative estimate of drug-likeness (QED) is 0.797. The minimum Gasteiger partial charge on any atom is -0.371 e. The molecule has 0 saturated heterocycles. The van der Waals surface area contributed by atoms with Crippen molar-refractivity contribution in [2.24, 2.45) is 0 Å². The molecule has 5 nitrogen and oxygen atoms in total. The summed E-state index contributed by atoms with van der Waals surface area (Å²) in [5.41, 5.74) is 1.20. The average molecular weight is 208 g/mol. The number of carbonyl (C=O) groups is 1. The van der Waals surface area contributed by atoms with E-state index in [9.17, 15) is 4.79 Å². The van der Waals surface area contributed by atoms with Gasteiger partial charge in [-0.05, 0) is 6.42 Å². The Kier molecular flexibility index (Phi) is 3.60. The molecule has 0 aliphatic heterocycles. The zero-order chi connectivity index (χ0) is 11.4. The highest BCUT2D eigenvalue weighted by Gasteiger charge is 2.16. The van der Waals surface area contributed by atoms with Crippen molar-refractivity contribution in [3.05, 3.63) is 17.6 Å². The van der Waals surface area contributed by atoms with E-state index in [1.54, 1.807) is 27.3 Å². The van der Waals surface area contributed by atoms with Crippen molar-refractivity contribution in [3.8, 4) is 0 Å². The van der Waals surface area contributed by atoms with Crippen molar-refractivity contribution in [1.29, 1.82) is 0 Å². The van der Waals surface area contributed by atoms with E-state index in [0.717, 1.165) is 12.1 Å². The molecule has 0 unspecified atom stereocenters. The summed E-state index contributed by atoms with van der Waals surface area (Å²) < 4.78 is 0. The minimum absolute atomic E-state index is 0.137. The molecule has 0 fully saturated rings. The summed E-state index contributed by atoms with van der Waals surface area (Å²) in [5, 5.41) is 2.86. The van der Waals surface area contributed by atoms with E-state index in [0.29, 0.717) is 11.5 Å². The van der Waals surface area contributed by atoms with E-state index >= 15 is 0 Å². The lowest BCUT2D eigenvalue weighted by Crippen LogP contribution is -2.24. The van der Waals surface area contributed by atoms with E-state index in [1.165, 1.54) is 4.90 Å². The summed E-state index contributed by atoms with van der Waals surface area (Å²) in [4.78, 5) is 21.7. The first-order valence-electron chi connectivity index (χ1n) is 4.85. The fourth-order valence-corrected chi connectivity index (χ4v) is 1.14. The maximum absolute atomic E-state index is 11.8. The molecular formula is C10H16N4O. The lowest BCUT2D eigenvalue weighted by Gasteiger charge is -2.12. The summed E-state index contributed by atoms with van der Waals surface area (Å²) in [6.07, 6.45) is 2.45. The number of rotatable bonds is 3. The number of nitrogens with zero attached hydrogens (tertiary/aromatic N) is 3. The molecule has 0 bridgehead atoms. The van der Waals surface area contributed by atoms with Crippen LogP contribution in [0.4, 0.5) is 5.82 Å². The van der Waals surface area contributed by atoms with Gasteiger partial charge in [-0.2, -0.15) is 0 Å². The predicted molar refractivity (Wildman–Crippen MR) is 59.0 cm³/mol. The molecule has 1 N–H and O–H groups in total. The molecule has 1 heterocycles. The van der Waals surface area contributed by atoms with Gasteiger partial charge in [0, 0.05) is 21.1 Å². The van der Waals surface area contributed by atoms with Gasteiger partial charge in [-0.1, -0.05) is 6.92 Å². The second kappa shape index (κ2) is 4.72. The molecule has 0 aliphatic carbocycles. The number of hydrogen-bond donors (Lipinski definition) is 1. The standard InChI is InChI=1S/C10H16N4O/c1-5-7-6-12-9(11-2)8(13-7)10(15)14(3)4/h6H,5H2,1-4H3,(H,11,12). The van der Waals surface area contributed by atoms with Gasteiger partial charge in [0.05, 0.1) is 11.9 Å². The van der Waals surface area contributed by atoms with E-state index in [1.807, 2.05) is 6.92 Å². The normalized spacial score (nSPS) is 9.87. The molecule has 0 atom stereocenters. The van der Waals surface area contributed by atoms with Crippen molar-refractivity contribution in [3.63, 3.8) is 0 Å². The Morgan fingerprint density at radius 3 is 2.67 bits per heavy atom. The molecular weight excluding hydrogens is 192 g/mol. The summed E-state index contributed by atoms with van der Waals surface area (Å²) in [7, 11) is 5.12. The van der Waals surface area contributed by atoms with E-state index in [4.69, 9.17) is 0 Å². The largest absolute Gasteiger partial charge is 0.371 e. The molecule has 0 spiro atoms. The number of anilines is 1. The highest BCUT2D eigenvalue weighted by atomic mass is 16.2. The number of aromatic nitrogens is 2. The second-order valence-electron chi connectivity index (χ2n) is 3.36. The maximum Gasteiger partial charge on any atom is 0.275 e. The van der Waals surface area contributed by atoms with Crippen LogP contribution in [0.1, 0.15) is 23.1 Å². The van der Waals surface area contributed by atoms with Crippen molar-refractivity contribution in [2.75, 3.05) is 26.5 Å². The molecule has 0 aliphatic rings. The van der Waals surface area contributed by atoms with Gasteiger partial charge in [-0.3, -0.25) is 4.79 Å². The zero-order valence-electron chi connectivity index (χ0n) is 9.53. The van der Waals surface area contributed by atoms with Gasteiger partial charge >= 0.3 is 0 Å². The van der Waals surface area contributed by atoms with Crippen LogP contribution in [-0.2, 0) is 6.42 Å². The van der Waals surface area contributed by atoms with Crippen LogP contribution in [-0.4, -0.2) is 41.9 Å². The van der Waals surface area contributed by atoms with E-state index in [2.05, 4.69) is 15.3 Å². The number of amides is 1. The fourth-order valence-electron chi connectivity index (χ4n) is 1.14. The molecule has 1 aromatic rings. The lowest BCUT2D eigenvalue weighted by atomic mass is 10.3. The van der Waals surface area contributed by atoms with Gasteiger partial charge in [0.25, 0.3) is 5.91 Å². The van der Waals surface area contributed by atoms with Crippen LogP contribution >= 0.6 is 0 Å². The zero-order valence-corrected chi connectivity index (χ0v) is 9.53. The van der Waals surface area contributed by atoms with Crippen molar-refractivity contribution in [2.45, 2.75) is 13.3 Å². The van der Waals surface area contributed by atoms with Crippen LogP contribution in [0.15, 0.2) is 6.20 Å². The van der Waals surface area contributed by atoms with Crippen molar-refractivity contribution < 1.29 is 4.79 Å². The first-order chi connectivity index (χ1) is 7.10. The topological polar surface area (TPSA) is 58.1 Å². The third-order valence-electron chi connectivity index (χ3n) is 2.03. The molecule has 5 heteroatoms. The maximum atomic E-state index is 11.8. The highest BCUT2D eigenvalue weighted by Crippen LogP contribution is 2.11. The summed E-state index contributed by atoms with van der Waals surface area (Å²) in [5.74, 6) is 0.382. The van der Waals surface area contributed by atoms with Crippen LogP contribution in [0.25, 0.3) is 0 Å². The lowest BCUT2D eigenvalue weighted by molar-refractivity contribution is 0.0822. The Balaban J connectivity index is 3.17. The number of carbonyl (C=O) groups excluding carboxylic acids is 1. The van der Waals surface area contributed by atoms with Crippen LogP contribution in [0, 0.1) is 0 Å². The highest BCUT2D eigenvalue weighted by molar-refractivity contribution is 5.96. The van der Waals surface area contributed by atoms with Crippen LogP contribution < -0.4 is 5.32 Å². The molecule has 15 heavy (non-hydrogen) atoms. The second-order valence-corrected chi connectivity index (χ2v) is 3.36. The van der Waals surface area contributed by atoms with Crippen molar-refractivity contribution >= 4 is 11.7 Å². The Morgan fingerprint density at radius 1 is 1.53 bits per heavy atom. The fraction of sp³-hybridized carbons (Fsp3) is 0.500. The first kappa shape index (κ1) is 11.4. The Bertz CT molecular complexity index is 362. The smallest absolute Gasteiger partial charge is 0.275 e. The monoisotopic (exact) mass is 208 g/mol. The Hall–Kier alpha value is -1.65. The van der Waals surface area contributed by atoms with Crippen LogP contribution in [0.2, 0.25) is 0 Å². The third-order valence-corrected chi connectivity index (χ3v) is 2.03. The van der Waals surface area contributed by atoms with Crippen LogP contribution in [0.5, 0.6) is 0 Å². The van der Waals surface area contributed by atoms with Gasteiger partial charge in [-0.15, -0.1) is 0 Å². The van der Waals surface area contributed by atoms with Gasteiger partial charge in [0.1, 0.15) is 0 Å². The third kappa shape index (κ3) is 2.43. The van der Waals surface area contributed by atoms with E-state index in [-0.39, 0.29) is 5.91 Å². The summed E-state index contributed by atoms with van der Waals surface area (Å²) in [6.45, 7) is 1.98. The summed E-state index contributed by atoms with van der Waals surface area (Å²) in [6, 6.07) is 0.